The highest BCUT2D eigenvalue weighted by Gasteiger charge is 2.02. The molecule has 0 saturated carbocycles. The van der Waals surface area contributed by atoms with E-state index in [-0.39, 0.29) is 0 Å². The Hall–Kier alpha value is -2.07. The molecular weight excluding hydrogens is 366 g/mol. The zero-order chi connectivity index (χ0) is 17.1. The van der Waals surface area contributed by atoms with E-state index in [1.54, 1.807) is 23.1 Å². The summed E-state index contributed by atoms with van der Waals surface area (Å²) in [5.74, 6) is 0. The highest BCUT2D eigenvalue weighted by molar-refractivity contribution is 8.01. The van der Waals surface area contributed by atoms with Crippen molar-refractivity contribution in [1.82, 2.24) is 0 Å². The van der Waals surface area contributed by atoms with Crippen molar-refractivity contribution in [2.45, 2.75) is 9.10 Å². The standard InChI is InChI=1S/C21H14ClNS2/c22-17-6-9-19(10-7-17)24-21-12-11-20(25-21)14-23-18-8-5-15-3-1-2-4-16(15)13-18/h1-14H. The predicted octanol–water partition coefficient (Wildman–Crippen LogP) is 7.46. The maximum atomic E-state index is 5.93. The molecule has 0 atom stereocenters. The molecule has 0 aliphatic carbocycles. The van der Waals surface area contributed by atoms with Crippen molar-refractivity contribution in [3.8, 4) is 0 Å². The SMILES string of the molecule is Clc1ccc(Sc2ccc(C=Nc3ccc4ccccc4c3)s2)cc1. The van der Waals surface area contributed by atoms with Crippen LogP contribution < -0.4 is 0 Å². The van der Waals surface area contributed by atoms with Crippen LogP contribution in [0.4, 0.5) is 5.69 Å². The number of rotatable bonds is 4. The number of benzene rings is 3. The molecule has 3 aromatic carbocycles. The summed E-state index contributed by atoms with van der Waals surface area (Å²) in [5.41, 5.74) is 0.971. The van der Waals surface area contributed by atoms with Crippen molar-refractivity contribution in [2.24, 2.45) is 4.99 Å². The monoisotopic (exact) mass is 379 g/mol. The molecule has 122 valence electrons. The Morgan fingerprint density at radius 2 is 1.64 bits per heavy atom. The molecular formula is C21H14ClNS2. The van der Waals surface area contributed by atoms with E-state index in [1.807, 2.05) is 30.5 Å². The first kappa shape index (κ1) is 16.4. The lowest BCUT2D eigenvalue weighted by Crippen LogP contribution is -1.74. The van der Waals surface area contributed by atoms with Crippen LogP contribution in [0.5, 0.6) is 0 Å². The number of hydrogen-bond donors (Lipinski definition) is 0. The molecule has 0 N–H and O–H groups in total. The summed E-state index contributed by atoms with van der Waals surface area (Å²) in [7, 11) is 0. The first-order valence-electron chi connectivity index (χ1n) is 7.82. The largest absolute Gasteiger partial charge is 0.255 e. The Bertz CT molecular complexity index is 1040. The molecule has 0 aliphatic heterocycles. The number of thiophene rings is 1. The van der Waals surface area contributed by atoms with Gasteiger partial charge in [-0.2, -0.15) is 0 Å². The van der Waals surface area contributed by atoms with E-state index in [4.69, 9.17) is 11.6 Å². The molecule has 0 aliphatic rings. The van der Waals surface area contributed by atoms with Gasteiger partial charge in [0.25, 0.3) is 0 Å². The summed E-state index contributed by atoms with van der Waals surface area (Å²) in [5, 5.41) is 3.21. The van der Waals surface area contributed by atoms with Crippen LogP contribution in [0.15, 0.2) is 93.0 Å². The van der Waals surface area contributed by atoms with Gasteiger partial charge in [-0.05, 0) is 59.3 Å². The zero-order valence-electron chi connectivity index (χ0n) is 13.2. The van der Waals surface area contributed by atoms with E-state index in [9.17, 15) is 0 Å². The maximum Gasteiger partial charge on any atom is 0.0653 e. The minimum atomic E-state index is 0.763. The second-order valence-corrected chi connectivity index (χ2v) is 8.43. The van der Waals surface area contributed by atoms with Gasteiger partial charge in [-0.15, -0.1) is 11.3 Å². The Morgan fingerprint density at radius 3 is 2.48 bits per heavy atom. The number of fused-ring (bicyclic) bond motifs is 1. The molecule has 0 amide bonds. The summed E-state index contributed by atoms with van der Waals surface area (Å²) in [4.78, 5) is 6.94. The van der Waals surface area contributed by atoms with Crippen molar-refractivity contribution in [1.29, 1.82) is 0 Å². The van der Waals surface area contributed by atoms with E-state index in [0.29, 0.717) is 0 Å². The molecule has 0 unspecified atom stereocenters. The van der Waals surface area contributed by atoms with Crippen molar-refractivity contribution < 1.29 is 0 Å². The van der Waals surface area contributed by atoms with Gasteiger partial charge < -0.3 is 0 Å². The van der Waals surface area contributed by atoms with Gasteiger partial charge >= 0.3 is 0 Å². The fourth-order valence-corrected chi connectivity index (χ4v) is 4.59. The molecule has 4 heteroatoms. The van der Waals surface area contributed by atoms with Crippen LogP contribution in [0.2, 0.25) is 5.02 Å². The lowest BCUT2D eigenvalue weighted by atomic mass is 10.1. The van der Waals surface area contributed by atoms with Crippen molar-refractivity contribution in [3.63, 3.8) is 0 Å². The van der Waals surface area contributed by atoms with Crippen LogP contribution >= 0.6 is 34.7 Å². The van der Waals surface area contributed by atoms with Crippen LogP contribution in [0, 0.1) is 0 Å². The predicted molar refractivity (Wildman–Crippen MR) is 111 cm³/mol. The Labute approximate surface area is 160 Å². The lowest BCUT2D eigenvalue weighted by molar-refractivity contribution is 1.46. The van der Waals surface area contributed by atoms with E-state index >= 15 is 0 Å². The zero-order valence-corrected chi connectivity index (χ0v) is 15.6. The minimum Gasteiger partial charge on any atom is -0.255 e. The van der Waals surface area contributed by atoms with Crippen LogP contribution in [-0.2, 0) is 0 Å². The molecule has 25 heavy (non-hydrogen) atoms. The molecule has 4 aromatic rings. The molecule has 4 rings (SSSR count). The van der Waals surface area contributed by atoms with E-state index < -0.39 is 0 Å². The molecule has 0 spiro atoms. The van der Waals surface area contributed by atoms with Crippen LogP contribution in [0.25, 0.3) is 10.8 Å². The van der Waals surface area contributed by atoms with Crippen LogP contribution in [0.1, 0.15) is 4.88 Å². The minimum absolute atomic E-state index is 0.763. The van der Waals surface area contributed by atoms with Gasteiger partial charge in [0.2, 0.25) is 0 Å². The fraction of sp³-hybridized carbons (Fsp3) is 0. The molecule has 1 aromatic heterocycles. The lowest BCUT2D eigenvalue weighted by Gasteiger charge is -1.98. The third-order valence-electron chi connectivity index (χ3n) is 3.71. The smallest absolute Gasteiger partial charge is 0.0653 e. The summed E-state index contributed by atoms with van der Waals surface area (Å²) < 4.78 is 1.24. The molecule has 0 fully saturated rings. The summed E-state index contributed by atoms with van der Waals surface area (Å²) >= 11 is 9.40. The number of nitrogens with zero attached hydrogens (tertiary/aromatic N) is 1. The van der Waals surface area contributed by atoms with Gasteiger partial charge in [0.1, 0.15) is 0 Å². The van der Waals surface area contributed by atoms with Crippen LogP contribution in [0.3, 0.4) is 0 Å². The molecule has 1 heterocycles. The topological polar surface area (TPSA) is 12.4 Å². The average molecular weight is 380 g/mol. The van der Waals surface area contributed by atoms with Crippen molar-refractivity contribution in [3.05, 3.63) is 88.8 Å². The van der Waals surface area contributed by atoms with E-state index in [1.165, 1.54) is 19.9 Å². The first-order chi connectivity index (χ1) is 12.3. The van der Waals surface area contributed by atoms with Gasteiger partial charge in [0.05, 0.1) is 9.90 Å². The Balaban J connectivity index is 1.49. The number of aliphatic imine (C=N–C) groups is 1. The maximum absolute atomic E-state index is 5.93. The summed E-state index contributed by atoms with van der Waals surface area (Å²) in [6.07, 6.45) is 1.93. The van der Waals surface area contributed by atoms with E-state index in [2.05, 4.69) is 59.6 Å². The fourth-order valence-electron chi connectivity index (χ4n) is 2.47. The molecule has 0 radical (unpaired) electrons. The summed E-state index contributed by atoms with van der Waals surface area (Å²) in [6, 6.07) is 26.7. The number of halogens is 1. The van der Waals surface area contributed by atoms with Crippen molar-refractivity contribution in [2.75, 3.05) is 0 Å². The highest BCUT2D eigenvalue weighted by atomic mass is 35.5. The Kier molecular flexibility index (Phi) is 4.88. The molecule has 1 nitrogen and oxygen atoms in total. The second-order valence-electron chi connectivity index (χ2n) is 5.50. The Morgan fingerprint density at radius 1 is 0.840 bits per heavy atom. The highest BCUT2D eigenvalue weighted by Crippen LogP contribution is 2.33. The van der Waals surface area contributed by atoms with E-state index in [0.717, 1.165) is 15.6 Å². The second kappa shape index (κ2) is 7.44. The third-order valence-corrected chi connectivity index (χ3v) is 6.12. The third kappa shape index (κ3) is 4.13. The molecule has 0 saturated heterocycles. The van der Waals surface area contributed by atoms with Gasteiger partial charge in [0.15, 0.2) is 0 Å². The van der Waals surface area contributed by atoms with Gasteiger partial charge in [-0.1, -0.05) is 53.7 Å². The van der Waals surface area contributed by atoms with Gasteiger partial charge in [-0.25, -0.2) is 0 Å². The number of hydrogen-bond acceptors (Lipinski definition) is 3. The molecule has 0 bridgehead atoms. The normalized spacial score (nSPS) is 11.4. The quantitative estimate of drug-likeness (QED) is 0.335. The first-order valence-corrected chi connectivity index (χ1v) is 9.83. The van der Waals surface area contributed by atoms with Crippen molar-refractivity contribution >= 4 is 57.4 Å². The average Bonchev–Trinajstić information content (AvgIpc) is 3.09. The van der Waals surface area contributed by atoms with Crippen LogP contribution in [-0.4, -0.2) is 6.21 Å². The van der Waals surface area contributed by atoms with Gasteiger partial charge in [-0.3, -0.25) is 4.99 Å². The van der Waals surface area contributed by atoms with Gasteiger partial charge in [0, 0.05) is 21.0 Å². The summed E-state index contributed by atoms with van der Waals surface area (Å²) in [6.45, 7) is 0.